The molecule has 6 nitrogen and oxygen atoms in total. The minimum Gasteiger partial charge on any atom is -0.496 e. The van der Waals surface area contributed by atoms with Crippen LogP contribution in [0.1, 0.15) is 27.1 Å². The number of nitrogens with zero attached hydrogens (tertiary/aromatic N) is 1. The summed E-state index contributed by atoms with van der Waals surface area (Å²) in [6.07, 6.45) is 0. The highest BCUT2D eigenvalue weighted by Crippen LogP contribution is 2.22. The van der Waals surface area contributed by atoms with Gasteiger partial charge in [-0.25, -0.2) is 0 Å². The van der Waals surface area contributed by atoms with Crippen molar-refractivity contribution in [2.75, 3.05) is 25.5 Å². The molecule has 0 aliphatic carbocycles. The molecule has 1 aromatic heterocycles. The second kappa shape index (κ2) is 11.6. The summed E-state index contributed by atoms with van der Waals surface area (Å²) in [5.41, 5.74) is 4.97. The molecule has 0 saturated heterocycles. The molecule has 1 heterocycles. The van der Waals surface area contributed by atoms with Crippen LogP contribution in [0, 0.1) is 20.8 Å². The number of methoxy groups -OCH3 is 1. The highest BCUT2D eigenvalue weighted by atomic mass is 32.1. The topological polar surface area (TPSA) is 70.7 Å². The maximum Gasteiger partial charge on any atom is 0.243 e. The van der Waals surface area contributed by atoms with Gasteiger partial charge in [-0.2, -0.15) is 0 Å². The van der Waals surface area contributed by atoms with E-state index < -0.39 is 0 Å². The third kappa shape index (κ3) is 7.17. The van der Waals surface area contributed by atoms with E-state index in [1.165, 1.54) is 4.88 Å². The van der Waals surface area contributed by atoms with Crippen molar-refractivity contribution in [1.82, 2.24) is 10.2 Å². The highest BCUT2D eigenvalue weighted by Gasteiger charge is 2.16. The second-order valence-electron chi connectivity index (χ2n) is 8.13. The number of carbonyl (C=O) groups excluding carboxylic acids is 2. The van der Waals surface area contributed by atoms with Crippen LogP contribution in [0.25, 0.3) is 0 Å². The molecule has 2 amide bonds. The average Bonchev–Trinajstić information content (AvgIpc) is 3.28. The zero-order valence-corrected chi connectivity index (χ0v) is 20.4. The number of benzene rings is 2. The Labute approximate surface area is 199 Å². The standard InChI is InChI=1S/C26H31N3O3S/c1-18-12-19(2)26(20(3)13-18)28-24(30)14-27-25(31)17-29(16-22-9-7-11-33-22)15-21-8-5-6-10-23(21)32-4/h5-13H,14-17H2,1-4H3,(H,27,31)(H,28,30). The van der Waals surface area contributed by atoms with E-state index >= 15 is 0 Å². The van der Waals surface area contributed by atoms with Crippen LogP contribution in [0.2, 0.25) is 0 Å². The molecule has 2 N–H and O–H groups in total. The largest absolute Gasteiger partial charge is 0.496 e. The molecule has 0 saturated carbocycles. The highest BCUT2D eigenvalue weighted by molar-refractivity contribution is 7.09. The van der Waals surface area contributed by atoms with Crippen molar-refractivity contribution in [3.8, 4) is 5.75 Å². The molecule has 3 aromatic rings. The molecule has 0 spiro atoms. The third-order valence-corrected chi connectivity index (χ3v) is 6.16. The Bertz CT molecular complexity index is 1070. The first-order chi connectivity index (χ1) is 15.9. The van der Waals surface area contributed by atoms with Crippen molar-refractivity contribution in [1.29, 1.82) is 0 Å². The van der Waals surface area contributed by atoms with Gasteiger partial charge in [0, 0.05) is 29.2 Å². The Kier molecular flexibility index (Phi) is 8.63. The number of amides is 2. The molecule has 0 bridgehead atoms. The fourth-order valence-electron chi connectivity index (χ4n) is 3.86. The summed E-state index contributed by atoms with van der Waals surface area (Å²) < 4.78 is 5.47. The van der Waals surface area contributed by atoms with Crippen molar-refractivity contribution in [2.45, 2.75) is 33.9 Å². The van der Waals surface area contributed by atoms with Crippen LogP contribution in [0.15, 0.2) is 53.9 Å². The molecule has 0 atom stereocenters. The summed E-state index contributed by atoms with van der Waals surface area (Å²) in [5.74, 6) is 0.346. The van der Waals surface area contributed by atoms with Crippen LogP contribution in [0.3, 0.4) is 0 Å². The number of aryl methyl sites for hydroxylation is 3. The molecule has 174 valence electrons. The van der Waals surface area contributed by atoms with Gasteiger partial charge in [-0.15, -0.1) is 11.3 Å². The lowest BCUT2D eigenvalue weighted by atomic mass is 10.1. The van der Waals surface area contributed by atoms with Gasteiger partial charge in [-0.3, -0.25) is 14.5 Å². The first kappa shape index (κ1) is 24.5. The predicted octanol–water partition coefficient (Wildman–Crippen LogP) is 4.44. The van der Waals surface area contributed by atoms with E-state index in [1.54, 1.807) is 18.4 Å². The number of carbonyl (C=O) groups is 2. The van der Waals surface area contributed by atoms with Crippen LogP contribution >= 0.6 is 11.3 Å². The maximum atomic E-state index is 12.7. The zero-order valence-electron chi connectivity index (χ0n) is 19.6. The van der Waals surface area contributed by atoms with Gasteiger partial charge in [0.25, 0.3) is 0 Å². The summed E-state index contributed by atoms with van der Waals surface area (Å²) >= 11 is 1.65. The Hall–Kier alpha value is -3.16. The molecule has 0 aliphatic heterocycles. The lowest BCUT2D eigenvalue weighted by molar-refractivity contribution is -0.125. The Morgan fingerprint density at radius 1 is 0.970 bits per heavy atom. The minimum absolute atomic E-state index is 0.0763. The smallest absolute Gasteiger partial charge is 0.243 e. The fraction of sp³-hybridized carbons (Fsp3) is 0.308. The van der Waals surface area contributed by atoms with Crippen molar-refractivity contribution < 1.29 is 14.3 Å². The number of rotatable bonds is 10. The molecule has 0 unspecified atom stereocenters. The van der Waals surface area contributed by atoms with E-state index in [9.17, 15) is 9.59 Å². The lowest BCUT2D eigenvalue weighted by Crippen LogP contribution is -2.40. The second-order valence-corrected chi connectivity index (χ2v) is 9.17. The van der Waals surface area contributed by atoms with Crippen LogP contribution in [-0.4, -0.2) is 36.9 Å². The predicted molar refractivity (Wildman–Crippen MR) is 134 cm³/mol. The number of anilines is 1. The van der Waals surface area contributed by atoms with Crippen LogP contribution in [-0.2, 0) is 22.7 Å². The number of para-hydroxylation sites is 1. The quantitative estimate of drug-likeness (QED) is 0.464. The monoisotopic (exact) mass is 465 g/mol. The molecule has 0 aliphatic rings. The number of hydrogen-bond donors (Lipinski definition) is 2. The SMILES string of the molecule is COc1ccccc1CN(CC(=O)NCC(=O)Nc1c(C)cc(C)cc1C)Cc1cccs1. The Morgan fingerprint density at radius 3 is 2.36 bits per heavy atom. The van der Waals surface area contributed by atoms with Gasteiger partial charge < -0.3 is 15.4 Å². The normalized spacial score (nSPS) is 10.8. The maximum absolute atomic E-state index is 12.7. The van der Waals surface area contributed by atoms with Crippen molar-refractivity contribution >= 4 is 28.8 Å². The summed E-state index contributed by atoms with van der Waals surface area (Å²) in [6.45, 7) is 7.25. The van der Waals surface area contributed by atoms with Gasteiger partial charge in [-0.05, 0) is 49.4 Å². The summed E-state index contributed by atoms with van der Waals surface area (Å²) in [6, 6.07) is 15.9. The van der Waals surface area contributed by atoms with Gasteiger partial charge in [-0.1, -0.05) is 42.0 Å². The number of nitrogens with one attached hydrogen (secondary N) is 2. The molecular weight excluding hydrogens is 434 g/mol. The van der Waals surface area contributed by atoms with E-state index in [1.807, 2.05) is 73.5 Å². The van der Waals surface area contributed by atoms with Crippen LogP contribution < -0.4 is 15.4 Å². The first-order valence-electron chi connectivity index (χ1n) is 10.9. The third-order valence-electron chi connectivity index (χ3n) is 5.30. The average molecular weight is 466 g/mol. The first-order valence-corrected chi connectivity index (χ1v) is 11.7. The lowest BCUT2D eigenvalue weighted by Gasteiger charge is -2.22. The van der Waals surface area contributed by atoms with Crippen molar-refractivity contribution in [2.24, 2.45) is 0 Å². The van der Waals surface area contributed by atoms with Gasteiger partial charge in [0.1, 0.15) is 5.75 Å². The minimum atomic E-state index is -0.243. The van der Waals surface area contributed by atoms with E-state index in [0.29, 0.717) is 13.1 Å². The molecular formula is C26H31N3O3S. The molecule has 7 heteroatoms. The van der Waals surface area contributed by atoms with Crippen LogP contribution in [0.4, 0.5) is 5.69 Å². The summed E-state index contributed by atoms with van der Waals surface area (Å²) in [4.78, 5) is 28.4. The van der Waals surface area contributed by atoms with Gasteiger partial charge in [0.15, 0.2) is 0 Å². The van der Waals surface area contributed by atoms with E-state index in [-0.39, 0.29) is 24.9 Å². The molecule has 2 aromatic carbocycles. The Morgan fingerprint density at radius 2 is 1.70 bits per heavy atom. The molecule has 0 radical (unpaired) electrons. The number of hydrogen-bond acceptors (Lipinski definition) is 5. The summed E-state index contributed by atoms with van der Waals surface area (Å²) in [7, 11) is 1.64. The fourth-order valence-corrected chi connectivity index (χ4v) is 4.61. The van der Waals surface area contributed by atoms with Crippen molar-refractivity contribution in [3.63, 3.8) is 0 Å². The van der Waals surface area contributed by atoms with E-state index in [4.69, 9.17) is 4.74 Å². The van der Waals surface area contributed by atoms with Gasteiger partial charge in [0.05, 0.1) is 20.2 Å². The number of thiophene rings is 1. The zero-order chi connectivity index (χ0) is 23.8. The molecule has 33 heavy (non-hydrogen) atoms. The molecule has 3 rings (SSSR count). The molecule has 0 fully saturated rings. The Balaban J connectivity index is 1.60. The van der Waals surface area contributed by atoms with Gasteiger partial charge >= 0.3 is 0 Å². The summed E-state index contributed by atoms with van der Waals surface area (Å²) in [5, 5.41) is 7.70. The van der Waals surface area contributed by atoms with Crippen molar-refractivity contribution in [3.05, 3.63) is 81.0 Å². The van der Waals surface area contributed by atoms with E-state index in [0.717, 1.165) is 33.7 Å². The number of ether oxygens (including phenoxy) is 1. The van der Waals surface area contributed by atoms with E-state index in [2.05, 4.69) is 16.7 Å². The van der Waals surface area contributed by atoms with Crippen LogP contribution in [0.5, 0.6) is 5.75 Å². The van der Waals surface area contributed by atoms with Gasteiger partial charge in [0.2, 0.25) is 11.8 Å².